The van der Waals surface area contributed by atoms with Gasteiger partial charge in [-0.3, -0.25) is 9.88 Å². The van der Waals surface area contributed by atoms with Gasteiger partial charge in [-0.2, -0.15) is 0 Å². The summed E-state index contributed by atoms with van der Waals surface area (Å²) in [6, 6.07) is 12.5. The maximum Gasteiger partial charge on any atom is 0.0451 e. The highest BCUT2D eigenvalue weighted by Gasteiger charge is 2.12. The van der Waals surface area contributed by atoms with Gasteiger partial charge in [-0.05, 0) is 68.1 Å². The highest BCUT2D eigenvalue weighted by atomic mass is 35.5. The van der Waals surface area contributed by atoms with Crippen molar-refractivity contribution in [2.45, 2.75) is 45.1 Å². The molecule has 1 fully saturated rings. The van der Waals surface area contributed by atoms with Crippen molar-refractivity contribution in [3.8, 4) is 0 Å². The summed E-state index contributed by atoms with van der Waals surface area (Å²) >= 11 is 5.96. The number of likely N-dealkylation sites (tertiary alicyclic amines) is 1. The standard InChI is InChI=1S/C20H25ClN2/c21-19-10-7-17(8-11-19)9-12-20-18(6-5-13-22-20)16-23-14-3-1-2-4-15-23/h5-8,10-11,13H,1-4,9,12,14-16H2. The van der Waals surface area contributed by atoms with E-state index in [1.165, 1.54) is 55.6 Å². The molecule has 0 atom stereocenters. The van der Waals surface area contributed by atoms with Gasteiger partial charge in [-0.25, -0.2) is 0 Å². The number of aromatic nitrogens is 1. The Labute approximate surface area is 144 Å². The van der Waals surface area contributed by atoms with Crippen LogP contribution in [-0.2, 0) is 19.4 Å². The van der Waals surface area contributed by atoms with E-state index in [0.29, 0.717) is 0 Å². The normalized spacial score (nSPS) is 16.2. The average Bonchev–Trinajstić information content (AvgIpc) is 2.84. The lowest BCUT2D eigenvalue weighted by Crippen LogP contribution is -2.24. The molecule has 2 nitrogen and oxygen atoms in total. The third-order valence-electron chi connectivity index (χ3n) is 4.64. The second-order valence-electron chi connectivity index (χ2n) is 6.43. The molecule has 0 unspecified atom stereocenters. The molecule has 2 aromatic rings. The summed E-state index contributed by atoms with van der Waals surface area (Å²) < 4.78 is 0. The van der Waals surface area contributed by atoms with E-state index in [0.717, 1.165) is 24.4 Å². The number of hydrogen-bond acceptors (Lipinski definition) is 2. The molecule has 1 aromatic carbocycles. The second kappa shape index (κ2) is 8.47. The highest BCUT2D eigenvalue weighted by Crippen LogP contribution is 2.17. The quantitative estimate of drug-likeness (QED) is 0.776. The summed E-state index contributed by atoms with van der Waals surface area (Å²) in [7, 11) is 0. The zero-order valence-electron chi connectivity index (χ0n) is 13.7. The lowest BCUT2D eigenvalue weighted by molar-refractivity contribution is 0.275. The second-order valence-corrected chi connectivity index (χ2v) is 6.86. The zero-order valence-corrected chi connectivity index (χ0v) is 14.4. The number of nitrogens with zero attached hydrogens (tertiary/aromatic N) is 2. The Morgan fingerprint density at radius 2 is 1.65 bits per heavy atom. The maximum absolute atomic E-state index is 5.96. The van der Waals surface area contributed by atoms with Crippen LogP contribution >= 0.6 is 11.6 Å². The molecule has 0 N–H and O–H groups in total. The minimum Gasteiger partial charge on any atom is -0.299 e. The molecular formula is C20H25ClN2. The molecule has 1 saturated heterocycles. The SMILES string of the molecule is Clc1ccc(CCc2ncccc2CN2CCCCCC2)cc1. The van der Waals surface area contributed by atoms with Gasteiger partial charge in [0.15, 0.2) is 0 Å². The minimum absolute atomic E-state index is 0.799. The molecule has 3 heteroatoms. The van der Waals surface area contributed by atoms with Crippen LogP contribution in [0.1, 0.15) is 42.5 Å². The first kappa shape index (κ1) is 16.5. The Balaban J connectivity index is 1.63. The van der Waals surface area contributed by atoms with Crippen LogP contribution in [-0.4, -0.2) is 23.0 Å². The van der Waals surface area contributed by atoms with Gasteiger partial charge in [0.1, 0.15) is 0 Å². The molecule has 0 amide bonds. The molecule has 0 spiro atoms. The van der Waals surface area contributed by atoms with Crippen molar-refractivity contribution in [3.63, 3.8) is 0 Å². The van der Waals surface area contributed by atoms with Crippen molar-refractivity contribution >= 4 is 11.6 Å². The first-order valence-electron chi connectivity index (χ1n) is 8.71. The molecule has 122 valence electrons. The van der Waals surface area contributed by atoms with Crippen molar-refractivity contribution in [2.24, 2.45) is 0 Å². The predicted octanol–water partition coefficient (Wildman–Crippen LogP) is 4.90. The van der Waals surface area contributed by atoms with Gasteiger partial charge in [-0.1, -0.05) is 42.6 Å². The van der Waals surface area contributed by atoms with Crippen molar-refractivity contribution in [1.29, 1.82) is 0 Å². The minimum atomic E-state index is 0.799. The van der Waals surface area contributed by atoms with E-state index in [-0.39, 0.29) is 0 Å². The van der Waals surface area contributed by atoms with E-state index in [9.17, 15) is 0 Å². The fourth-order valence-corrected chi connectivity index (χ4v) is 3.42. The van der Waals surface area contributed by atoms with E-state index in [1.807, 2.05) is 18.3 Å². The fraction of sp³-hybridized carbons (Fsp3) is 0.450. The van der Waals surface area contributed by atoms with Crippen LogP contribution in [0, 0.1) is 0 Å². The number of benzene rings is 1. The monoisotopic (exact) mass is 328 g/mol. The average molecular weight is 329 g/mol. The van der Waals surface area contributed by atoms with Crippen molar-refractivity contribution < 1.29 is 0 Å². The summed E-state index contributed by atoms with van der Waals surface area (Å²) in [5.41, 5.74) is 3.95. The van der Waals surface area contributed by atoms with Crippen molar-refractivity contribution in [2.75, 3.05) is 13.1 Å². The smallest absolute Gasteiger partial charge is 0.0451 e. The molecule has 0 bridgehead atoms. The number of rotatable bonds is 5. The van der Waals surface area contributed by atoms with Gasteiger partial charge in [-0.15, -0.1) is 0 Å². The highest BCUT2D eigenvalue weighted by molar-refractivity contribution is 6.30. The lowest BCUT2D eigenvalue weighted by atomic mass is 10.0. The van der Waals surface area contributed by atoms with Gasteiger partial charge < -0.3 is 0 Å². The molecule has 0 aliphatic carbocycles. The Hall–Kier alpha value is -1.38. The summed E-state index contributed by atoms with van der Waals surface area (Å²) in [5, 5.41) is 0.799. The lowest BCUT2D eigenvalue weighted by Gasteiger charge is -2.21. The molecule has 3 rings (SSSR count). The first-order valence-corrected chi connectivity index (χ1v) is 9.08. The van der Waals surface area contributed by atoms with Crippen LogP contribution in [0.5, 0.6) is 0 Å². The first-order chi connectivity index (χ1) is 11.3. The maximum atomic E-state index is 5.96. The third-order valence-corrected chi connectivity index (χ3v) is 4.89. The number of hydrogen-bond donors (Lipinski definition) is 0. The van der Waals surface area contributed by atoms with Crippen LogP contribution in [0.15, 0.2) is 42.6 Å². The summed E-state index contributed by atoms with van der Waals surface area (Å²) in [6.45, 7) is 3.50. The van der Waals surface area contributed by atoms with Crippen LogP contribution in [0.4, 0.5) is 0 Å². The Kier molecular flexibility index (Phi) is 6.06. The van der Waals surface area contributed by atoms with Gasteiger partial charge in [0, 0.05) is 23.5 Å². The van der Waals surface area contributed by atoms with E-state index in [2.05, 4.69) is 34.1 Å². The molecule has 23 heavy (non-hydrogen) atoms. The Morgan fingerprint density at radius 1 is 0.913 bits per heavy atom. The van der Waals surface area contributed by atoms with Crippen LogP contribution in [0.3, 0.4) is 0 Å². The molecule has 2 heterocycles. The summed E-state index contributed by atoms with van der Waals surface area (Å²) in [5.74, 6) is 0. The molecule has 1 aromatic heterocycles. The Bertz CT molecular complexity index is 601. The number of aryl methyl sites for hydroxylation is 2. The molecular weight excluding hydrogens is 304 g/mol. The summed E-state index contributed by atoms with van der Waals surface area (Å²) in [6.07, 6.45) is 9.36. The van der Waals surface area contributed by atoms with Gasteiger partial charge in [0.2, 0.25) is 0 Å². The van der Waals surface area contributed by atoms with E-state index in [1.54, 1.807) is 0 Å². The van der Waals surface area contributed by atoms with Crippen LogP contribution < -0.4 is 0 Å². The van der Waals surface area contributed by atoms with Gasteiger partial charge in [0.25, 0.3) is 0 Å². The van der Waals surface area contributed by atoms with Crippen LogP contribution in [0.25, 0.3) is 0 Å². The van der Waals surface area contributed by atoms with Gasteiger partial charge in [0.05, 0.1) is 0 Å². The van der Waals surface area contributed by atoms with E-state index >= 15 is 0 Å². The fourth-order valence-electron chi connectivity index (χ4n) is 3.29. The van der Waals surface area contributed by atoms with Crippen molar-refractivity contribution in [1.82, 2.24) is 9.88 Å². The Morgan fingerprint density at radius 3 is 2.39 bits per heavy atom. The van der Waals surface area contributed by atoms with E-state index in [4.69, 9.17) is 11.6 Å². The molecule has 1 aliphatic rings. The topological polar surface area (TPSA) is 16.1 Å². The zero-order chi connectivity index (χ0) is 15.9. The van der Waals surface area contributed by atoms with Gasteiger partial charge >= 0.3 is 0 Å². The van der Waals surface area contributed by atoms with Crippen molar-refractivity contribution in [3.05, 3.63) is 64.4 Å². The third kappa shape index (κ3) is 5.05. The number of pyridine rings is 1. The molecule has 0 saturated carbocycles. The summed E-state index contributed by atoms with van der Waals surface area (Å²) in [4.78, 5) is 7.24. The van der Waals surface area contributed by atoms with E-state index < -0.39 is 0 Å². The predicted molar refractivity (Wildman–Crippen MR) is 96.8 cm³/mol. The molecule has 1 aliphatic heterocycles. The number of halogens is 1. The molecule has 0 radical (unpaired) electrons. The largest absolute Gasteiger partial charge is 0.299 e. The van der Waals surface area contributed by atoms with Crippen LogP contribution in [0.2, 0.25) is 5.02 Å².